The topological polar surface area (TPSA) is 74.6 Å². The number of aliphatic hydroxyl groups excluding tert-OH is 1. The van der Waals surface area contributed by atoms with Crippen molar-refractivity contribution in [1.82, 2.24) is 15.0 Å². The minimum Gasteiger partial charge on any atom is -0.496 e. The number of rotatable bonds is 7. The summed E-state index contributed by atoms with van der Waals surface area (Å²) >= 11 is 0. The van der Waals surface area contributed by atoms with E-state index in [4.69, 9.17) is 9.72 Å². The molecular weight excluding hydrogens is 433 g/mol. The van der Waals surface area contributed by atoms with Gasteiger partial charge in [0.1, 0.15) is 17.4 Å². The van der Waals surface area contributed by atoms with E-state index in [1.165, 1.54) is 5.56 Å². The van der Waals surface area contributed by atoms with Crippen molar-refractivity contribution in [2.24, 2.45) is 0 Å². The molecule has 3 aromatic rings. The predicted molar refractivity (Wildman–Crippen MR) is 132 cm³/mol. The number of anilines is 2. The van der Waals surface area contributed by atoms with Crippen LogP contribution in [0.2, 0.25) is 0 Å². The van der Waals surface area contributed by atoms with Crippen LogP contribution in [0.25, 0.3) is 10.9 Å². The van der Waals surface area contributed by atoms with Gasteiger partial charge in [-0.1, -0.05) is 18.2 Å². The number of piperidine rings is 1. The molecule has 0 radical (unpaired) electrons. The number of methoxy groups -OCH3 is 1. The number of halogens is 1. The lowest BCUT2D eigenvalue weighted by atomic mass is 9.81. The van der Waals surface area contributed by atoms with Gasteiger partial charge in [0.15, 0.2) is 11.5 Å². The number of aromatic nitrogens is 3. The Labute approximate surface area is 199 Å². The first kappa shape index (κ1) is 22.8. The zero-order valence-corrected chi connectivity index (χ0v) is 19.9. The van der Waals surface area contributed by atoms with Gasteiger partial charge in [0.25, 0.3) is 0 Å². The summed E-state index contributed by atoms with van der Waals surface area (Å²) in [7, 11) is 3.61. The van der Waals surface area contributed by atoms with Crippen molar-refractivity contribution < 1.29 is 14.2 Å². The van der Waals surface area contributed by atoms with Crippen LogP contribution in [0.4, 0.5) is 16.0 Å². The highest BCUT2D eigenvalue weighted by Crippen LogP contribution is 2.45. The van der Waals surface area contributed by atoms with Gasteiger partial charge in [0, 0.05) is 32.1 Å². The van der Waals surface area contributed by atoms with Crippen molar-refractivity contribution in [2.75, 3.05) is 50.2 Å². The molecule has 180 valence electrons. The fourth-order valence-corrected chi connectivity index (χ4v) is 5.04. The Hall–Kier alpha value is -3.00. The zero-order chi connectivity index (χ0) is 23.7. The number of benzene rings is 1. The van der Waals surface area contributed by atoms with Gasteiger partial charge in [0.2, 0.25) is 0 Å². The molecule has 1 aliphatic heterocycles. The molecule has 0 spiro atoms. The lowest BCUT2D eigenvalue weighted by Crippen LogP contribution is -2.36. The number of ether oxygens (including phenoxy) is 1. The molecule has 1 saturated carbocycles. The van der Waals surface area contributed by atoms with Crippen molar-refractivity contribution in [3.63, 3.8) is 0 Å². The molecule has 1 saturated heterocycles. The average Bonchev–Trinajstić information content (AvgIpc) is 2.86. The molecule has 34 heavy (non-hydrogen) atoms. The van der Waals surface area contributed by atoms with Gasteiger partial charge in [0.05, 0.1) is 25.4 Å². The maximum atomic E-state index is 15.4. The SMILES string of the molecule is COc1ccccc1C1CCN(c2nc(C3(F)CCC3)nc3cnc(N(C)CCO)cc23)CC1. The van der Waals surface area contributed by atoms with Gasteiger partial charge in [-0.25, -0.2) is 19.3 Å². The number of hydrogen-bond donors (Lipinski definition) is 1. The summed E-state index contributed by atoms with van der Waals surface area (Å²) in [5.41, 5.74) is 0.467. The average molecular weight is 466 g/mol. The second-order valence-corrected chi connectivity index (χ2v) is 9.40. The summed E-state index contributed by atoms with van der Waals surface area (Å²) in [5, 5.41) is 10.2. The normalized spacial score (nSPS) is 18.1. The molecule has 1 aromatic carbocycles. The van der Waals surface area contributed by atoms with E-state index in [0.717, 1.165) is 55.1 Å². The number of alkyl halides is 1. The Morgan fingerprint density at radius 1 is 1.21 bits per heavy atom. The molecular formula is C26H32FN5O2. The lowest BCUT2D eigenvalue weighted by molar-refractivity contribution is 0.0512. The standard InChI is InChI=1S/C26H32FN5O2/c1-31(14-15-33)23-16-20-21(17-28-23)29-25(26(27)10-5-11-26)30-24(20)32-12-8-18(9-13-32)19-6-3-4-7-22(19)34-2/h3-4,6-7,16-18,33H,5,8-15H2,1-2H3. The van der Waals surface area contributed by atoms with Gasteiger partial charge in [-0.2, -0.15) is 0 Å². The molecule has 1 N–H and O–H groups in total. The van der Waals surface area contributed by atoms with Gasteiger partial charge in [-0.05, 0) is 55.7 Å². The third kappa shape index (κ3) is 4.15. The van der Waals surface area contributed by atoms with E-state index in [2.05, 4.69) is 27.0 Å². The van der Waals surface area contributed by atoms with Gasteiger partial charge < -0.3 is 19.6 Å². The molecule has 0 atom stereocenters. The quantitative estimate of drug-likeness (QED) is 0.561. The van der Waals surface area contributed by atoms with Crippen LogP contribution in [0.3, 0.4) is 0 Å². The third-order valence-electron chi connectivity index (χ3n) is 7.29. The summed E-state index contributed by atoms with van der Waals surface area (Å²) in [6.07, 6.45) is 5.43. The molecule has 2 fully saturated rings. The highest BCUT2D eigenvalue weighted by Gasteiger charge is 2.42. The Morgan fingerprint density at radius 3 is 2.65 bits per heavy atom. The zero-order valence-electron chi connectivity index (χ0n) is 19.9. The van der Waals surface area contributed by atoms with E-state index in [1.807, 2.05) is 30.1 Å². The van der Waals surface area contributed by atoms with Crippen molar-refractivity contribution >= 4 is 22.5 Å². The number of pyridine rings is 1. The molecule has 0 bridgehead atoms. The molecule has 2 aliphatic rings. The van der Waals surface area contributed by atoms with Gasteiger partial charge in [-0.3, -0.25) is 0 Å². The fraction of sp³-hybridized carbons (Fsp3) is 0.500. The first-order chi connectivity index (χ1) is 16.5. The van der Waals surface area contributed by atoms with E-state index < -0.39 is 5.67 Å². The summed E-state index contributed by atoms with van der Waals surface area (Å²) < 4.78 is 21.0. The third-order valence-corrected chi connectivity index (χ3v) is 7.29. The second kappa shape index (κ2) is 9.33. The first-order valence-electron chi connectivity index (χ1n) is 12.1. The van der Waals surface area contributed by atoms with Crippen molar-refractivity contribution in [1.29, 1.82) is 0 Å². The highest BCUT2D eigenvalue weighted by molar-refractivity contribution is 5.91. The monoisotopic (exact) mass is 465 g/mol. The van der Waals surface area contributed by atoms with E-state index in [0.29, 0.717) is 30.8 Å². The fourth-order valence-electron chi connectivity index (χ4n) is 5.04. The summed E-state index contributed by atoms with van der Waals surface area (Å²) in [6, 6.07) is 10.2. The van der Waals surface area contributed by atoms with E-state index in [-0.39, 0.29) is 12.4 Å². The Balaban J connectivity index is 1.49. The van der Waals surface area contributed by atoms with Crippen molar-refractivity contribution in [3.8, 4) is 5.75 Å². The minimum atomic E-state index is -1.44. The number of para-hydroxylation sites is 1. The van der Waals surface area contributed by atoms with E-state index >= 15 is 4.39 Å². The molecule has 7 nitrogen and oxygen atoms in total. The largest absolute Gasteiger partial charge is 0.496 e. The Bertz CT molecular complexity index is 1160. The van der Waals surface area contributed by atoms with Crippen molar-refractivity contribution in [3.05, 3.63) is 47.9 Å². The van der Waals surface area contributed by atoms with Crippen LogP contribution in [0, 0.1) is 0 Å². The van der Waals surface area contributed by atoms with Crippen molar-refractivity contribution in [2.45, 2.75) is 43.7 Å². The predicted octanol–water partition coefficient (Wildman–Crippen LogP) is 4.19. The highest BCUT2D eigenvalue weighted by atomic mass is 19.1. The number of nitrogens with zero attached hydrogens (tertiary/aromatic N) is 5. The summed E-state index contributed by atoms with van der Waals surface area (Å²) in [5.74, 6) is 3.14. The number of aliphatic hydroxyl groups is 1. The Morgan fingerprint density at radius 2 is 1.97 bits per heavy atom. The van der Waals surface area contributed by atoms with E-state index in [1.54, 1.807) is 13.3 Å². The lowest BCUT2D eigenvalue weighted by Gasteiger charge is -2.36. The minimum absolute atomic E-state index is 0.0410. The Kier molecular flexibility index (Phi) is 6.25. The van der Waals surface area contributed by atoms with Crippen LogP contribution in [0.1, 0.15) is 49.4 Å². The molecule has 0 amide bonds. The van der Waals surface area contributed by atoms with Crippen LogP contribution in [-0.4, -0.2) is 60.5 Å². The maximum Gasteiger partial charge on any atom is 0.170 e. The first-order valence-corrected chi connectivity index (χ1v) is 12.1. The second-order valence-electron chi connectivity index (χ2n) is 9.40. The molecule has 8 heteroatoms. The molecule has 2 aromatic heterocycles. The maximum absolute atomic E-state index is 15.4. The van der Waals surface area contributed by atoms with Crippen LogP contribution in [-0.2, 0) is 5.67 Å². The van der Waals surface area contributed by atoms with Crippen LogP contribution >= 0.6 is 0 Å². The molecule has 5 rings (SSSR count). The van der Waals surface area contributed by atoms with E-state index in [9.17, 15) is 5.11 Å². The van der Waals surface area contributed by atoms with Gasteiger partial charge in [-0.15, -0.1) is 0 Å². The summed E-state index contributed by atoms with van der Waals surface area (Å²) in [6.45, 7) is 2.15. The number of fused-ring (bicyclic) bond motifs is 1. The van der Waals surface area contributed by atoms with Crippen LogP contribution < -0.4 is 14.5 Å². The summed E-state index contributed by atoms with van der Waals surface area (Å²) in [4.78, 5) is 18.1. The smallest absolute Gasteiger partial charge is 0.170 e. The van der Waals surface area contributed by atoms with Gasteiger partial charge >= 0.3 is 0 Å². The molecule has 3 heterocycles. The molecule has 0 unspecified atom stereocenters. The number of likely N-dealkylation sites (N-methyl/N-ethyl adjacent to an activating group) is 1. The number of hydrogen-bond acceptors (Lipinski definition) is 7. The van der Waals surface area contributed by atoms with Crippen LogP contribution in [0.15, 0.2) is 36.5 Å². The molecule has 1 aliphatic carbocycles. The van der Waals surface area contributed by atoms with Crippen LogP contribution in [0.5, 0.6) is 5.75 Å².